The van der Waals surface area contributed by atoms with Gasteiger partial charge in [-0.15, -0.1) is 0 Å². The topological polar surface area (TPSA) is 70.3 Å². The molecule has 0 aromatic carbocycles. The summed E-state index contributed by atoms with van der Waals surface area (Å²) in [4.78, 5) is 13.9. The number of nitrogens with zero attached hydrogens (tertiary/aromatic N) is 6. The quantitative estimate of drug-likeness (QED) is 0.849. The van der Waals surface area contributed by atoms with E-state index in [-0.39, 0.29) is 6.61 Å². The zero-order valence-electron chi connectivity index (χ0n) is 15.3. The highest BCUT2D eigenvalue weighted by atomic mass is 16.3. The Kier molecular flexibility index (Phi) is 5.45. The lowest BCUT2D eigenvalue weighted by molar-refractivity contribution is 0.197. The molecule has 7 nitrogen and oxygen atoms in total. The van der Waals surface area contributed by atoms with Crippen LogP contribution in [0.1, 0.15) is 42.9 Å². The zero-order valence-corrected chi connectivity index (χ0v) is 15.3. The second-order valence-electron chi connectivity index (χ2n) is 7.39. The number of aliphatic hydroxyl groups excluding tert-OH is 1. The number of rotatable bonds is 6. The normalized spacial score (nSPS) is 21.4. The molecular formula is C19H28N6O. The molecule has 4 heterocycles. The van der Waals surface area contributed by atoms with Crippen molar-refractivity contribution in [3.63, 3.8) is 0 Å². The Morgan fingerprint density at radius 1 is 1.08 bits per heavy atom. The SMILES string of the molecule is OCCn1ccc([C@H]2CCCN(Cc3cnc(N4CCCC4)nc3)C2)n1. The molecule has 2 aliphatic heterocycles. The van der Waals surface area contributed by atoms with Gasteiger partial charge in [-0.2, -0.15) is 5.10 Å². The summed E-state index contributed by atoms with van der Waals surface area (Å²) in [5.74, 6) is 1.34. The second kappa shape index (κ2) is 8.14. The van der Waals surface area contributed by atoms with Gasteiger partial charge in [0, 0.05) is 56.3 Å². The van der Waals surface area contributed by atoms with E-state index in [1.165, 1.54) is 31.2 Å². The lowest BCUT2D eigenvalue weighted by Crippen LogP contribution is -2.34. The highest BCUT2D eigenvalue weighted by Crippen LogP contribution is 2.26. The van der Waals surface area contributed by atoms with Crippen LogP contribution in [0, 0.1) is 0 Å². The number of likely N-dealkylation sites (tertiary alicyclic amines) is 1. The summed E-state index contributed by atoms with van der Waals surface area (Å²) in [5.41, 5.74) is 2.32. The van der Waals surface area contributed by atoms with E-state index in [1.54, 1.807) is 0 Å². The molecule has 26 heavy (non-hydrogen) atoms. The van der Waals surface area contributed by atoms with Crippen molar-refractivity contribution >= 4 is 5.95 Å². The third-order valence-electron chi connectivity index (χ3n) is 5.40. The van der Waals surface area contributed by atoms with E-state index in [9.17, 15) is 0 Å². The molecule has 0 saturated carbocycles. The van der Waals surface area contributed by atoms with Crippen LogP contribution in [0.5, 0.6) is 0 Å². The van der Waals surface area contributed by atoms with Crippen molar-refractivity contribution in [3.8, 4) is 0 Å². The van der Waals surface area contributed by atoms with Gasteiger partial charge in [0.05, 0.1) is 18.8 Å². The molecule has 0 amide bonds. The van der Waals surface area contributed by atoms with Crippen molar-refractivity contribution < 1.29 is 5.11 Å². The largest absolute Gasteiger partial charge is 0.394 e. The van der Waals surface area contributed by atoms with Gasteiger partial charge in [0.25, 0.3) is 0 Å². The molecule has 0 spiro atoms. The Bertz CT molecular complexity index is 694. The molecule has 0 unspecified atom stereocenters. The molecule has 140 valence electrons. The summed E-state index contributed by atoms with van der Waals surface area (Å²) >= 11 is 0. The van der Waals surface area contributed by atoms with Crippen LogP contribution in [0.3, 0.4) is 0 Å². The minimum Gasteiger partial charge on any atom is -0.394 e. The van der Waals surface area contributed by atoms with E-state index >= 15 is 0 Å². The highest BCUT2D eigenvalue weighted by Gasteiger charge is 2.23. The summed E-state index contributed by atoms with van der Waals surface area (Å²) in [6.45, 7) is 5.88. The first-order valence-corrected chi connectivity index (χ1v) is 9.74. The van der Waals surface area contributed by atoms with E-state index in [4.69, 9.17) is 5.11 Å². The first-order valence-electron chi connectivity index (χ1n) is 9.74. The smallest absolute Gasteiger partial charge is 0.225 e. The Morgan fingerprint density at radius 3 is 2.65 bits per heavy atom. The molecule has 2 aliphatic rings. The van der Waals surface area contributed by atoms with Gasteiger partial charge in [0.15, 0.2) is 0 Å². The van der Waals surface area contributed by atoms with E-state index in [1.807, 2.05) is 23.3 Å². The molecule has 2 saturated heterocycles. The van der Waals surface area contributed by atoms with Gasteiger partial charge >= 0.3 is 0 Å². The number of hydrogen-bond acceptors (Lipinski definition) is 6. The fraction of sp³-hybridized carbons (Fsp3) is 0.632. The lowest BCUT2D eigenvalue weighted by atomic mass is 9.95. The molecular weight excluding hydrogens is 328 g/mol. The Hall–Kier alpha value is -1.99. The summed E-state index contributed by atoms with van der Waals surface area (Å²) in [6, 6.07) is 2.10. The molecule has 1 N–H and O–H groups in total. The average Bonchev–Trinajstić information content (AvgIpc) is 3.35. The number of aromatic nitrogens is 4. The molecule has 4 rings (SSSR count). The van der Waals surface area contributed by atoms with Gasteiger partial charge in [0.2, 0.25) is 5.95 Å². The summed E-state index contributed by atoms with van der Waals surface area (Å²) in [6.07, 6.45) is 10.8. The van der Waals surface area contributed by atoms with Gasteiger partial charge in [-0.25, -0.2) is 9.97 Å². The maximum Gasteiger partial charge on any atom is 0.225 e. The van der Waals surface area contributed by atoms with Crippen molar-refractivity contribution in [2.24, 2.45) is 0 Å². The van der Waals surface area contributed by atoms with Gasteiger partial charge in [-0.3, -0.25) is 9.58 Å². The van der Waals surface area contributed by atoms with Crippen LogP contribution in [-0.2, 0) is 13.1 Å². The number of hydrogen-bond donors (Lipinski definition) is 1. The first kappa shape index (κ1) is 17.4. The summed E-state index contributed by atoms with van der Waals surface area (Å²) in [5, 5.41) is 13.7. The van der Waals surface area contributed by atoms with E-state index < -0.39 is 0 Å². The maximum absolute atomic E-state index is 9.05. The van der Waals surface area contributed by atoms with Gasteiger partial charge in [-0.05, 0) is 38.3 Å². The Balaban J connectivity index is 1.35. The van der Waals surface area contributed by atoms with E-state index in [0.29, 0.717) is 12.5 Å². The third-order valence-corrected chi connectivity index (χ3v) is 5.40. The van der Waals surface area contributed by atoms with Crippen molar-refractivity contribution in [2.45, 2.75) is 44.7 Å². The number of aliphatic hydroxyl groups is 1. The Morgan fingerprint density at radius 2 is 1.88 bits per heavy atom. The van der Waals surface area contributed by atoms with Crippen molar-refractivity contribution in [1.29, 1.82) is 0 Å². The van der Waals surface area contributed by atoms with Gasteiger partial charge < -0.3 is 10.0 Å². The average molecular weight is 356 g/mol. The maximum atomic E-state index is 9.05. The summed E-state index contributed by atoms with van der Waals surface area (Å²) < 4.78 is 1.83. The molecule has 2 fully saturated rings. The van der Waals surface area contributed by atoms with E-state index in [0.717, 1.165) is 44.4 Å². The van der Waals surface area contributed by atoms with Crippen LogP contribution < -0.4 is 4.90 Å². The molecule has 0 bridgehead atoms. The van der Waals surface area contributed by atoms with Crippen LogP contribution in [0.2, 0.25) is 0 Å². The molecule has 0 aliphatic carbocycles. The highest BCUT2D eigenvalue weighted by molar-refractivity contribution is 5.31. The number of piperidine rings is 1. The molecule has 1 atom stereocenters. The van der Waals surface area contributed by atoms with Crippen LogP contribution in [0.4, 0.5) is 5.95 Å². The van der Waals surface area contributed by atoms with Gasteiger partial charge in [0.1, 0.15) is 0 Å². The third kappa shape index (κ3) is 4.04. The van der Waals surface area contributed by atoms with Crippen molar-refractivity contribution in [1.82, 2.24) is 24.6 Å². The minimum absolute atomic E-state index is 0.130. The van der Waals surface area contributed by atoms with E-state index in [2.05, 4.69) is 30.9 Å². The molecule has 0 radical (unpaired) electrons. The second-order valence-corrected chi connectivity index (χ2v) is 7.39. The zero-order chi connectivity index (χ0) is 17.8. The van der Waals surface area contributed by atoms with Crippen LogP contribution in [0.25, 0.3) is 0 Å². The predicted octanol–water partition coefficient (Wildman–Crippen LogP) is 1.65. The summed E-state index contributed by atoms with van der Waals surface area (Å²) in [7, 11) is 0. The van der Waals surface area contributed by atoms with Crippen molar-refractivity contribution in [2.75, 3.05) is 37.7 Å². The fourth-order valence-electron chi connectivity index (χ4n) is 4.03. The predicted molar refractivity (Wildman–Crippen MR) is 100 cm³/mol. The molecule has 2 aromatic heterocycles. The standard InChI is InChI=1S/C19H28N6O/c26-11-10-25-9-5-18(22-25)17-4-3-6-23(15-17)14-16-12-20-19(21-13-16)24-7-1-2-8-24/h5,9,12-13,17,26H,1-4,6-8,10-11,14-15H2/t17-/m0/s1. The monoisotopic (exact) mass is 356 g/mol. The van der Waals surface area contributed by atoms with Crippen molar-refractivity contribution in [3.05, 3.63) is 35.9 Å². The first-order chi connectivity index (χ1) is 12.8. The van der Waals surface area contributed by atoms with Crippen LogP contribution in [-0.4, -0.2) is 62.5 Å². The van der Waals surface area contributed by atoms with Gasteiger partial charge in [-0.1, -0.05) is 0 Å². The van der Waals surface area contributed by atoms with Crippen LogP contribution >= 0.6 is 0 Å². The Labute approximate surface area is 154 Å². The lowest BCUT2D eigenvalue weighted by Gasteiger charge is -2.31. The molecule has 2 aromatic rings. The van der Waals surface area contributed by atoms with Crippen LogP contribution in [0.15, 0.2) is 24.7 Å². The minimum atomic E-state index is 0.130. The number of anilines is 1. The fourth-order valence-corrected chi connectivity index (χ4v) is 4.03. The molecule has 7 heteroatoms.